The fraction of sp³-hybridized carbons (Fsp3) is 0.429. The van der Waals surface area contributed by atoms with Crippen LogP contribution in [0, 0.1) is 0 Å². The first-order valence-electron chi connectivity index (χ1n) is 6.40. The summed E-state index contributed by atoms with van der Waals surface area (Å²) in [6.07, 6.45) is 0. The van der Waals surface area contributed by atoms with Gasteiger partial charge in [0.05, 0.1) is 25.0 Å². The normalized spacial score (nSPS) is 13.7. The summed E-state index contributed by atoms with van der Waals surface area (Å²) < 4.78 is 15.3. The minimum atomic E-state index is -0.436. The third kappa shape index (κ3) is 2.91. The number of ether oxygens (including phenoxy) is 3. The molecule has 0 spiro atoms. The molecule has 6 nitrogen and oxygen atoms in total. The molecule has 0 aliphatic carbocycles. The van der Waals surface area contributed by atoms with Crippen molar-refractivity contribution in [2.24, 2.45) is 0 Å². The molecule has 108 valence electrons. The molecule has 0 saturated heterocycles. The highest BCUT2D eigenvalue weighted by Crippen LogP contribution is 2.32. The number of methoxy groups -OCH3 is 1. The first-order chi connectivity index (χ1) is 9.67. The number of rotatable bonds is 5. The van der Waals surface area contributed by atoms with Gasteiger partial charge < -0.3 is 19.1 Å². The summed E-state index contributed by atoms with van der Waals surface area (Å²) >= 11 is 0. The molecule has 6 heteroatoms. The Balaban J connectivity index is 2.22. The van der Waals surface area contributed by atoms with Crippen molar-refractivity contribution in [3.8, 4) is 5.75 Å². The predicted octanol–water partition coefficient (Wildman–Crippen LogP) is 1.24. The summed E-state index contributed by atoms with van der Waals surface area (Å²) in [6, 6.07) is 4.88. The maximum atomic E-state index is 11.9. The van der Waals surface area contributed by atoms with Gasteiger partial charge in [-0.1, -0.05) is 0 Å². The van der Waals surface area contributed by atoms with E-state index < -0.39 is 5.97 Å². The minimum absolute atomic E-state index is 0.0379. The van der Waals surface area contributed by atoms with Crippen molar-refractivity contribution < 1.29 is 23.8 Å². The second-order valence-electron chi connectivity index (χ2n) is 4.21. The van der Waals surface area contributed by atoms with Gasteiger partial charge in [0.25, 0.3) is 5.91 Å². The number of nitrogens with zero attached hydrogens (tertiary/aromatic N) is 1. The van der Waals surface area contributed by atoms with E-state index in [1.165, 1.54) is 7.11 Å². The average molecular weight is 279 g/mol. The first-order valence-corrected chi connectivity index (χ1v) is 6.40. The van der Waals surface area contributed by atoms with Crippen molar-refractivity contribution in [1.29, 1.82) is 0 Å². The Morgan fingerprint density at radius 1 is 1.45 bits per heavy atom. The van der Waals surface area contributed by atoms with Crippen LogP contribution in [-0.4, -0.2) is 45.4 Å². The maximum absolute atomic E-state index is 11.9. The van der Waals surface area contributed by atoms with Crippen LogP contribution in [0.1, 0.15) is 17.3 Å². The van der Waals surface area contributed by atoms with Crippen LogP contribution in [0.15, 0.2) is 18.2 Å². The lowest BCUT2D eigenvalue weighted by molar-refractivity contribution is -0.121. The Kier molecular flexibility index (Phi) is 4.57. The molecule has 0 N–H and O–H groups in total. The molecule has 1 aliphatic heterocycles. The maximum Gasteiger partial charge on any atom is 0.337 e. The lowest BCUT2D eigenvalue weighted by atomic mass is 10.1. The smallest absolute Gasteiger partial charge is 0.337 e. The van der Waals surface area contributed by atoms with Crippen molar-refractivity contribution in [2.45, 2.75) is 6.92 Å². The number of fused-ring (bicyclic) bond motifs is 1. The van der Waals surface area contributed by atoms with Crippen LogP contribution >= 0.6 is 0 Å². The van der Waals surface area contributed by atoms with Crippen molar-refractivity contribution in [1.82, 2.24) is 0 Å². The topological polar surface area (TPSA) is 65.1 Å². The van der Waals surface area contributed by atoms with Crippen molar-refractivity contribution >= 4 is 17.6 Å². The lowest BCUT2D eigenvalue weighted by Crippen LogP contribution is -2.40. The largest absolute Gasteiger partial charge is 0.482 e. The lowest BCUT2D eigenvalue weighted by Gasteiger charge is -2.29. The van der Waals surface area contributed by atoms with E-state index in [9.17, 15) is 9.59 Å². The van der Waals surface area contributed by atoms with Crippen LogP contribution in [0.5, 0.6) is 5.75 Å². The van der Waals surface area contributed by atoms with Crippen LogP contribution in [0.4, 0.5) is 5.69 Å². The van der Waals surface area contributed by atoms with Crippen molar-refractivity contribution in [3.63, 3.8) is 0 Å². The van der Waals surface area contributed by atoms with Crippen molar-refractivity contribution in [2.75, 3.05) is 38.4 Å². The molecule has 0 bridgehead atoms. The average Bonchev–Trinajstić information content (AvgIpc) is 2.48. The molecule has 0 unspecified atom stereocenters. The molecule has 0 atom stereocenters. The SMILES string of the molecule is CCOCCN1C(=O)COc2cc(C(=O)OC)ccc21. The van der Waals surface area contributed by atoms with Gasteiger partial charge in [0.15, 0.2) is 6.61 Å². The highest BCUT2D eigenvalue weighted by atomic mass is 16.5. The van der Waals surface area contributed by atoms with Gasteiger partial charge in [0.2, 0.25) is 0 Å². The van der Waals surface area contributed by atoms with Gasteiger partial charge in [-0.05, 0) is 25.1 Å². The molecule has 0 radical (unpaired) electrons. The molecule has 1 heterocycles. The van der Waals surface area contributed by atoms with E-state index in [2.05, 4.69) is 4.74 Å². The molecule has 1 aromatic rings. The molecule has 1 amide bonds. The fourth-order valence-corrected chi connectivity index (χ4v) is 1.99. The molecule has 0 saturated carbocycles. The van der Waals surface area contributed by atoms with E-state index in [0.29, 0.717) is 36.8 Å². The Bertz CT molecular complexity index is 514. The number of carbonyl (C=O) groups is 2. The van der Waals surface area contributed by atoms with E-state index in [4.69, 9.17) is 9.47 Å². The number of anilines is 1. The van der Waals surface area contributed by atoms with E-state index in [-0.39, 0.29) is 12.5 Å². The number of carbonyl (C=O) groups excluding carboxylic acids is 2. The molecule has 1 aromatic carbocycles. The molecule has 2 rings (SSSR count). The van der Waals surface area contributed by atoms with Gasteiger partial charge in [-0.15, -0.1) is 0 Å². The number of hydrogen-bond acceptors (Lipinski definition) is 5. The number of esters is 1. The van der Waals surface area contributed by atoms with E-state index in [1.807, 2.05) is 6.92 Å². The first kappa shape index (κ1) is 14.3. The zero-order valence-corrected chi connectivity index (χ0v) is 11.5. The second-order valence-corrected chi connectivity index (χ2v) is 4.21. The van der Waals surface area contributed by atoms with Crippen LogP contribution in [0.25, 0.3) is 0 Å². The van der Waals surface area contributed by atoms with Crippen LogP contribution in [0.2, 0.25) is 0 Å². The monoisotopic (exact) mass is 279 g/mol. The van der Waals surface area contributed by atoms with Gasteiger partial charge in [-0.3, -0.25) is 4.79 Å². The Labute approximate surface area is 117 Å². The third-order valence-electron chi connectivity index (χ3n) is 2.99. The van der Waals surface area contributed by atoms with Gasteiger partial charge >= 0.3 is 5.97 Å². The molecule has 20 heavy (non-hydrogen) atoms. The van der Waals surface area contributed by atoms with Crippen LogP contribution < -0.4 is 9.64 Å². The standard InChI is InChI=1S/C14H17NO5/c1-3-19-7-6-15-11-5-4-10(14(17)18-2)8-12(11)20-9-13(15)16/h4-5,8H,3,6-7,9H2,1-2H3. The van der Waals surface area contributed by atoms with Crippen molar-refractivity contribution in [3.05, 3.63) is 23.8 Å². The molecular formula is C14H17NO5. The Morgan fingerprint density at radius 3 is 2.95 bits per heavy atom. The number of amides is 1. The van der Waals surface area contributed by atoms with E-state index in [1.54, 1.807) is 23.1 Å². The summed E-state index contributed by atoms with van der Waals surface area (Å²) in [5, 5.41) is 0. The van der Waals surface area contributed by atoms with Gasteiger partial charge in [-0.2, -0.15) is 0 Å². The van der Waals surface area contributed by atoms with Crippen LogP contribution in [0.3, 0.4) is 0 Å². The molecule has 1 aliphatic rings. The quantitative estimate of drug-likeness (QED) is 0.599. The minimum Gasteiger partial charge on any atom is -0.482 e. The van der Waals surface area contributed by atoms with Gasteiger partial charge in [-0.25, -0.2) is 4.79 Å². The van der Waals surface area contributed by atoms with Gasteiger partial charge in [0, 0.05) is 13.2 Å². The van der Waals surface area contributed by atoms with Gasteiger partial charge in [0.1, 0.15) is 5.75 Å². The molecule has 0 fully saturated rings. The fourth-order valence-electron chi connectivity index (χ4n) is 1.99. The number of hydrogen-bond donors (Lipinski definition) is 0. The summed E-state index contributed by atoms with van der Waals surface area (Å²) in [7, 11) is 1.32. The third-order valence-corrected chi connectivity index (χ3v) is 2.99. The summed E-state index contributed by atoms with van der Waals surface area (Å²) in [4.78, 5) is 25.0. The number of benzene rings is 1. The Morgan fingerprint density at radius 2 is 2.25 bits per heavy atom. The highest BCUT2D eigenvalue weighted by molar-refractivity contribution is 5.99. The Hall–Kier alpha value is -2.08. The zero-order valence-electron chi connectivity index (χ0n) is 11.5. The van der Waals surface area contributed by atoms with Crippen LogP contribution in [-0.2, 0) is 14.3 Å². The van der Waals surface area contributed by atoms with E-state index >= 15 is 0 Å². The second kappa shape index (κ2) is 6.38. The molecular weight excluding hydrogens is 262 g/mol. The predicted molar refractivity (Wildman–Crippen MR) is 72.1 cm³/mol. The molecule has 0 aromatic heterocycles. The zero-order chi connectivity index (χ0) is 14.5. The summed E-state index contributed by atoms with van der Waals surface area (Å²) in [5.74, 6) is -0.0545. The van der Waals surface area contributed by atoms with E-state index in [0.717, 1.165) is 0 Å². The summed E-state index contributed by atoms with van der Waals surface area (Å²) in [5.41, 5.74) is 1.04. The highest BCUT2D eigenvalue weighted by Gasteiger charge is 2.26. The summed E-state index contributed by atoms with van der Waals surface area (Å²) in [6.45, 7) is 3.38.